The van der Waals surface area contributed by atoms with Crippen molar-refractivity contribution in [2.75, 3.05) is 21.3 Å². The summed E-state index contributed by atoms with van der Waals surface area (Å²) in [6, 6.07) is 0. The molecule has 0 aromatic heterocycles. The van der Waals surface area contributed by atoms with Gasteiger partial charge in [-0.25, -0.2) is 0 Å². The van der Waals surface area contributed by atoms with Crippen LogP contribution in [0, 0.1) is 34.5 Å². The highest BCUT2D eigenvalue weighted by molar-refractivity contribution is 6.09. The lowest BCUT2D eigenvalue weighted by molar-refractivity contribution is -0.0238. The van der Waals surface area contributed by atoms with Crippen LogP contribution in [0.3, 0.4) is 0 Å². The van der Waals surface area contributed by atoms with Gasteiger partial charge in [0.25, 0.3) is 0 Å². The van der Waals surface area contributed by atoms with Crippen LogP contribution in [0.15, 0.2) is 27.1 Å². The standard InChI is InChI=1S/C24H37N3O3/c1-15(25-28-4)18-7-8-19-17-14-22(27-30-6)21-13-16(26-29-5)9-11-24(21,3)20(17)10-12-23(18,19)2/h13,17-20H,7-12,14H2,1-6H3/b25-15-,26-16+,27-22+. The van der Waals surface area contributed by atoms with E-state index in [0.717, 1.165) is 36.4 Å². The molecule has 0 aliphatic heterocycles. The van der Waals surface area contributed by atoms with E-state index in [1.807, 2.05) is 0 Å². The van der Waals surface area contributed by atoms with E-state index in [4.69, 9.17) is 14.5 Å². The van der Waals surface area contributed by atoms with Gasteiger partial charge in [-0.05, 0) is 92.1 Å². The third kappa shape index (κ3) is 3.18. The minimum Gasteiger partial charge on any atom is -0.399 e. The molecule has 166 valence electrons. The van der Waals surface area contributed by atoms with E-state index in [9.17, 15) is 0 Å². The predicted molar refractivity (Wildman–Crippen MR) is 120 cm³/mol. The molecule has 6 heteroatoms. The second kappa shape index (κ2) is 8.01. The molecule has 4 rings (SSSR count). The molecule has 0 aromatic rings. The highest BCUT2D eigenvalue weighted by Gasteiger charge is 2.60. The Hall–Kier alpha value is -1.85. The van der Waals surface area contributed by atoms with Crippen molar-refractivity contribution in [3.63, 3.8) is 0 Å². The minimum absolute atomic E-state index is 0.127. The van der Waals surface area contributed by atoms with Gasteiger partial charge in [-0.15, -0.1) is 0 Å². The van der Waals surface area contributed by atoms with Gasteiger partial charge in [-0.3, -0.25) is 0 Å². The Morgan fingerprint density at radius 3 is 2.43 bits per heavy atom. The monoisotopic (exact) mass is 415 g/mol. The minimum atomic E-state index is 0.127. The summed E-state index contributed by atoms with van der Waals surface area (Å²) in [5, 5.41) is 13.1. The van der Waals surface area contributed by atoms with Gasteiger partial charge < -0.3 is 14.5 Å². The maximum absolute atomic E-state index is 5.32. The molecule has 30 heavy (non-hydrogen) atoms. The summed E-state index contributed by atoms with van der Waals surface area (Å²) in [4.78, 5) is 15.5. The van der Waals surface area contributed by atoms with E-state index < -0.39 is 0 Å². The Morgan fingerprint density at radius 2 is 1.73 bits per heavy atom. The van der Waals surface area contributed by atoms with Crippen LogP contribution in [0.2, 0.25) is 0 Å². The number of rotatable bonds is 4. The fraction of sp³-hybridized carbons (Fsp3) is 0.792. The molecule has 0 aromatic carbocycles. The SMILES string of the molecule is CO/N=C(/C)C1CCC2C3C/C(=N\OC)C4=C/C(=N/OC)CCC4(C)C3CCC12C. The predicted octanol–water partition coefficient (Wildman–Crippen LogP) is 5.20. The summed E-state index contributed by atoms with van der Waals surface area (Å²) in [5.41, 5.74) is 5.03. The van der Waals surface area contributed by atoms with Gasteiger partial charge >= 0.3 is 0 Å². The van der Waals surface area contributed by atoms with Crippen LogP contribution < -0.4 is 0 Å². The van der Waals surface area contributed by atoms with E-state index in [-0.39, 0.29) is 5.41 Å². The fourth-order valence-corrected chi connectivity index (χ4v) is 7.70. The zero-order chi connectivity index (χ0) is 21.5. The van der Waals surface area contributed by atoms with Crippen molar-refractivity contribution < 1.29 is 14.5 Å². The van der Waals surface area contributed by atoms with Crippen LogP contribution in [0.1, 0.15) is 65.7 Å². The van der Waals surface area contributed by atoms with E-state index in [0.29, 0.717) is 29.1 Å². The Labute approximate surface area is 180 Å². The zero-order valence-corrected chi connectivity index (χ0v) is 19.4. The van der Waals surface area contributed by atoms with Crippen molar-refractivity contribution in [1.82, 2.24) is 0 Å². The van der Waals surface area contributed by atoms with Gasteiger partial charge in [0, 0.05) is 5.92 Å². The number of oxime groups is 3. The number of hydrogen-bond donors (Lipinski definition) is 0. The molecule has 4 aliphatic rings. The maximum Gasteiger partial charge on any atom is 0.106 e. The number of nitrogens with zero attached hydrogens (tertiary/aromatic N) is 3. The second-order valence-electron chi connectivity index (χ2n) is 10.1. The molecular weight excluding hydrogens is 378 g/mol. The van der Waals surface area contributed by atoms with Crippen molar-refractivity contribution >= 4 is 17.1 Å². The quantitative estimate of drug-likeness (QED) is 0.468. The average Bonchev–Trinajstić information content (AvgIpc) is 3.07. The van der Waals surface area contributed by atoms with E-state index in [1.165, 1.54) is 31.3 Å². The number of fused-ring (bicyclic) bond motifs is 5. The summed E-state index contributed by atoms with van der Waals surface area (Å²) < 4.78 is 0. The van der Waals surface area contributed by atoms with Crippen LogP contribution in [0.25, 0.3) is 0 Å². The lowest BCUT2D eigenvalue weighted by Gasteiger charge is -2.58. The first-order chi connectivity index (χ1) is 14.4. The summed E-state index contributed by atoms with van der Waals surface area (Å²) in [7, 11) is 4.93. The molecule has 6 nitrogen and oxygen atoms in total. The molecule has 3 saturated carbocycles. The molecule has 0 amide bonds. The average molecular weight is 416 g/mol. The van der Waals surface area contributed by atoms with Gasteiger partial charge in [0.15, 0.2) is 0 Å². The smallest absolute Gasteiger partial charge is 0.106 e. The summed E-state index contributed by atoms with van der Waals surface area (Å²) >= 11 is 0. The van der Waals surface area contributed by atoms with Gasteiger partial charge in [-0.1, -0.05) is 29.3 Å². The molecule has 0 bridgehead atoms. The Balaban J connectivity index is 1.71. The van der Waals surface area contributed by atoms with Crippen LogP contribution in [0.4, 0.5) is 0 Å². The van der Waals surface area contributed by atoms with Gasteiger partial charge in [0.2, 0.25) is 0 Å². The number of hydrogen-bond acceptors (Lipinski definition) is 6. The zero-order valence-electron chi connectivity index (χ0n) is 19.4. The van der Waals surface area contributed by atoms with Crippen molar-refractivity contribution in [1.29, 1.82) is 0 Å². The van der Waals surface area contributed by atoms with Crippen LogP contribution in [-0.2, 0) is 14.5 Å². The normalized spacial score (nSPS) is 43.5. The highest BCUT2D eigenvalue weighted by Crippen LogP contribution is 2.66. The molecule has 0 heterocycles. The molecular formula is C24H37N3O3. The number of allylic oxidation sites excluding steroid dienone is 2. The molecule has 0 N–H and O–H groups in total. The molecule has 0 spiro atoms. The van der Waals surface area contributed by atoms with Gasteiger partial charge in [0.1, 0.15) is 21.3 Å². The summed E-state index contributed by atoms with van der Waals surface area (Å²) in [6.45, 7) is 7.11. The van der Waals surface area contributed by atoms with Crippen LogP contribution in [-0.4, -0.2) is 38.5 Å². The van der Waals surface area contributed by atoms with Crippen molar-refractivity contribution in [2.24, 2.45) is 50.0 Å². The largest absolute Gasteiger partial charge is 0.399 e. The van der Waals surface area contributed by atoms with Gasteiger partial charge in [-0.2, -0.15) is 0 Å². The Morgan fingerprint density at radius 1 is 0.967 bits per heavy atom. The van der Waals surface area contributed by atoms with Crippen molar-refractivity contribution in [2.45, 2.75) is 65.7 Å². The van der Waals surface area contributed by atoms with Crippen LogP contribution >= 0.6 is 0 Å². The summed E-state index contributed by atoms with van der Waals surface area (Å²) in [6.07, 6.45) is 10.3. The fourth-order valence-electron chi connectivity index (χ4n) is 7.70. The third-order valence-electron chi connectivity index (χ3n) is 8.97. The second-order valence-corrected chi connectivity index (χ2v) is 10.1. The first-order valence-corrected chi connectivity index (χ1v) is 11.4. The first-order valence-electron chi connectivity index (χ1n) is 11.4. The van der Waals surface area contributed by atoms with Gasteiger partial charge in [0.05, 0.1) is 17.1 Å². The van der Waals surface area contributed by atoms with Crippen LogP contribution in [0.5, 0.6) is 0 Å². The lowest BCUT2D eigenvalue weighted by atomic mass is 9.46. The third-order valence-corrected chi connectivity index (χ3v) is 8.97. The molecule has 6 unspecified atom stereocenters. The Bertz CT molecular complexity index is 802. The van der Waals surface area contributed by atoms with E-state index in [2.05, 4.69) is 42.3 Å². The topological polar surface area (TPSA) is 64.8 Å². The highest BCUT2D eigenvalue weighted by atomic mass is 16.6. The lowest BCUT2D eigenvalue weighted by Crippen LogP contribution is -2.53. The van der Waals surface area contributed by atoms with E-state index in [1.54, 1.807) is 21.3 Å². The molecule has 0 radical (unpaired) electrons. The van der Waals surface area contributed by atoms with Crippen molar-refractivity contribution in [3.8, 4) is 0 Å². The molecule has 3 fully saturated rings. The first kappa shape index (κ1) is 21.4. The molecule has 6 atom stereocenters. The van der Waals surface area contributed by atoms with Crippen molar-refractivity contribution in [3.05, 3.63) is 11.6 Å². The maximum atomic E-state index is 5.32. The summed E-state index contributed by atoms with van der Waals surface area (Å²) in [5.74, 6) is 2.53. The molecule has 4 aliphatic carbocycles. The Kier molecular flexibility index (Phi) is 5.71. The van der Waals surface area contributed by atoms with E-state index >= 15 is 0 Å². The molecule has 0 saturated heterocycles.